The summed E-state index contributed by atoms with van der Waals surface area (Å²) in [4.78, 5) is 23.0. The van der Waals surface area contributed by atoms with E-state index < -0.39 is 4.92 Å². The number of nitrogens with zero attached hydrogens (tertiary/aromatic N) is 3. The molecule has 0 aliphatic carbocycles. The van der Waals surface area contributed by atoms with Crippen molar-refractivity contribution in [3.05, 3.63) is 76.2 Å². The molecule has 2 heterocycles. The van der Waals surface area contributed by atoms with Gasteiger partial charge in [-0.3, -0.25) is 14.9 Å². The third kappa shape index (κ3) is 4.07. The quantitative estimate of drug-likeness (QED) is 0.229. The monoisotopic (exact) mass is 457 g/mol. The van der Waals surface area contributed by atoms with E-state index in [9.17, 15) is 14.9 Å². The van der Waals surface area contributed by atoms with E-state index in [0.29, 0.717) is 5.56 Å². The molecule has 0 unspecified atom stereocenters. The number of ketones is 1. The van der Waals surface area contributed by atoms with Crippen LogP contribution in [0.15, 0.2) is 54.7 Å². The van der Waals surface area contributed by atoms with Gasteiger partial charge in [-0.05, 0) is 42.8 Å². The number of fused-ring (bicyclic) bond motifs is 1. The average Bonchev–Trinajstić information content (AvgIpc) is 3.32. The number of imidazole rings is 1. The maximum Gasteiger partial charge on any atom is 0.269 e. The maximum absolute atomic E-state index is 12.7. The molecule has 4 rings (SSSR count). The van der Waals surface area contributed by atoms with Crippen LogP contribution in [0.2, 0.25) is 0 Å². The van der Waals surface area contributed by atoms with Crippen molar-refractivity contribution in [3.8, 4) is 17.0 Å². The number of ether oxygens (including phenoxy) is 1. The number of aromatic nitrogens is 2. The molecule has 0 atom stereocenters. The number of methoxy groups -OCH3 is 1. The first-order chi connectivity index (χ1) is 13.6. The van der Waals surface area contributed by atoms with Crippen LogP contribution in [0.5, 0.6) is 5.75 Å². The molecule has 0 amide bonds. The molecule has 8 heteroatoms. The van der Waals surface area contributed by atoms with Crippen LogP contribution >= 0.6 is 0 Å². The van der Waals surface area contributed by atoms with Crippen LogP contribution in [0.1, 0.15) is 22.6 Å². The first-order valence-electron chi connectivity index (χ1n) is 9.11. The first-order valence-corrected chi connectivity index (χ1v) is 9.11. The molecule has 0 spiro atoms. The van der Waals surface area contributed by atoms with Gasteiger partial charge >= 0.3 is 0 Å². The Kier molecular flexibility index (Phi) is 6.12. The molecule has 1 aliphatic heterocycles. The Balaban J connectivity index is 0.00000240. The van der Waals surface area contributed by atoms with E-state index in [1.54, 1.807) is 7.11 Å². The lowest BCUT2D eigenvalue weighted by Crippen LogP contribution is -3.00. The van der Waals surface area contributed by atoms with Gasteiger partial charge in [-0.2, -0.15) is 0 Å². The number of non-ortho nitro benzene ring substituents is 1. The van der Waals surface area contributed by atoms with Crippen molar-refractivity contribution in [2.45, 2.75) is 25.9 Å². The summed E-state index contributed by atoms with van der Waals surface area (Å²) in [6.07, 6.45) is 3.98. The molecular formula is C21H20BrN3O4. The fraction of sp³-hybridized carbons (Fsp3) is 0.238. The fourth-order valence-electron chi connectivity index (χ4n) is 3.65. The number of hydrogen-bond acceptors (Lipinski definition) is 4. The zero-order valence-corrected chi connectivity index (χ0v) is 17.5. The molecule has 29 heavy (non-hydrogen) atoms. The van der Waals surface area contributed by atoms with Crippen molar-refractivity contribution in [1.29, 1.82) is 0 Å². The number of rotatable bonds is 6. The standard InChI is InChI=1S/C21H20N3O4.BrH/c1-28-18-10-6-15(7-11-18)19-13-22(21-3-2-12-23(19)21)14-20(25)16-4-8-17(9-5-16)24(26)27;/h4-11,13H,2-3,12,14H2,1H3;1H/q+1;/p-1. The summed E-state index contributed by atoms with van der Waals surface area (Å²) in [6, 6.07) is 13.6. The van der Waals surface area contributed by atoms with Crippen molar-refractivity contribution in [1.82, 2.24) is 4.57 Å². The van der Waals surface area contributed by atoms with Gasteiger partial charge in [-0.15, -0.1) is 0 Å². The number of carbonyl (C=O) groups excluding carboxylic acids is 1. The van der Waals surface area contributed by atoms with E-state index in [1.807, 2.05) is 35.0 Å². The van der Waals surface area contributed by atoms with Gasteiger partial charge < -0.3 is 21.7 Å². The molecule has 3 aromatic rings. The summed E-state index contributed by atoms with van der Waals surface area (Å²) in [7, 11) is 1.64. The smallest absolute Gasteiger partial charge is 0.269 e. The summed E-state index contributed by atoms with van der Waals surface area (Å²) in [5, 5.41) is 10.8. The minimum absolute atomic E-state index is 0. The second-order valence-electron chi connectivity index (χ2n) is 6.77. The molecule has 150 valence electrons. The Morgan fingerprint density at radius 1 is 1.17 bits per heavy atom. The highest BCUT2D eigenvalue weighted by Crippen LogP contribution is 2.26. The molecule has 2 aromatic carbocycles. The van der Waals surface area contributed by atoms with Gasteiger partial charge in [0.2, 0.25) is 5.78 Å². The third-order valence-electron chi connectivity index (χ3n) is 5.09. The van der Waals surface area contributed by atoms with E-state index in [2.05, 4.69) is 4.57 Å². The summed E-state index contributed by atoms with van der Waals surface area (Å²) >= 11 is 0. The molecule has 0 fully saturated rings. The zero-order chi connectivity index (χ0) is 19.7. The van der Waals surface area contributed by atoms with Crippen LogP contribution in [0, 0.1) is 10.1 Å². The van der Waals surface area contributed by atoms with Crippen molar-refractivity contribution < 1.29 is 36.0 Å². The largest absolute Gasteiger partial charge is 1.00 e. The summed E-state index contributed by atoms with van der Waals surface area (Å²) in [5.41, 5.74) is 2.61. The second-order valence-corrected chi connectivity index (χ2v) is 6.77. The van der Waals surface area contributed by atoms with Crippen LogP contribution in [-0.4, -0.2) is 22.4 Å². The van der Waals surface area contributed by atoms with Gasteiger partial charge in [-0.25, -0.2) is 9.13 Å². The second kappa shape index (κ2) is 8.57. The number of carbonyl (C=O) groups is 1. The molecule has 7 nitrogen and oxygen atoms in total. The van der Waals surface area contributed by atoms with E-state index in [0.717, 1.165) is 42.2 Å². The van der Waals surface area contributed by atoms with E-state index in [1.165, 1.54) is 24.3 Å². The van der Waals surface area contributed by atoms with Crippen molar-refractivity contribution in [2.75, 3.05) is 7.11 Å². The molecule has 0 saturated carbocycles. The lowest BCUT2D eigenvalue weighted by Gasteiger charge is -2.01. The summed E-state index contributed by atoms with van der Waals surface area (Å²) < 4.78 is 9.48. The number of benzene rings is 2. The number of hydrogen-bond donors (Lipinski definition) is 0. The van der Waals surface area contributed by atoms with Gasteiger partial charge in [-0.1, -0.05) is 0 Å². The van der Waals surface area contributed by atoms with Crippen LogP contribution in [0.25, 0.3) is 11.3 Å². The Labute approximate surface area is 178 Å². The van der Waals surface area contributed by atoms with E-state index >= 15 is 0 Å². The topological polar surface area (TPSA) is 78.2 Å². The number of halogens is 1. The number of nitro benzene ring substituents is 1. The number of nitro groups is 1. The highest BCUT2D eigenvalue weighted by Gasteiger charge is 2.29. The SMILES string of the molecule is COc1ccc(-c2c[n+](CC(=O)c3ccc([N+](=O)[O-])cc3)c3n2CCC3)cc1.[Br-]. The van der Waals surface area contributed by atoms with Gasteiger partial charge in [0.25, 0.3) is 11.5 Å². The first kappa shape index (κ1) is 20.7. The van der Waals surface area contributed by atoms with Gasteiger partial charge in [0.05, 0.1) is 25.0 Å². The normalized spacial score (nSPS) is 12.2. The Hall–Kier alpha value is -3.00. The van der Waals surface area contributed by atoms with E-state index in [-0.39, 0.29) is 35.0 Å². The molecule has 0 saturated heterocycles. The van der Waals surface area contributed by atoms with Gasteiger partial charge in [0.15, 0.2) is 12.2 Å². The molecule has 1 aliphatic rings. The van der Waals surface area contributed by atoms with Crippen molar-refractivity contribution >= 4 is 11.5 Å². The molecule has 0 radical (unpaired) electrons. The van der Waals surface area contributed by atoms with Crippen LogP contribution in [0.4, 0.5) is 5.69 Å². The minimum atomic E-state index is -0.467. The maximum atomic E-state index is 12.7. The Morgan fingerprint density at radius 2 is 1.86 bits per heavy atom. The highest BCUT2D eigenvalue weighted by atomic mass is 79.9. The minimum Gasteiger partial charge on any atom is -1.00 e. The predicted molar refractivity (Wildman–Crippen MR) is 102 cm³/mol. The lowest BCUT2D eigenvalue weighted by atomic mass is 10.1. The highest BCUT2D eigenvalue weighted by molar-refractivity contribution is 5.95. The van der Waals surface area contributed by atoms with Gasteiger partial charge in [0.1, 0.15) is 11.9 Å². The van der Waals surface area contributed by atoms with Crippen LogP contribution < -0.4 is 26.3 Å². The Bertz CT molecular complexity index is 1040. The lowest BCUT2D eigenvalue weighted by molar-refractivity contribution is -0.689. The zero-order valence-electron chi connectivity index (χ0n) is 15.9. The van der Waals surface area contributed by atoms with Crippen LogP contribution in [0.3, 0.4) is 0 Å². The molecular weight excluding hydrogens is 438 g/mol. The average molecular weight is 458 g/mol. The Morgan fingerprint density at radius 3 is 2.48 bits per heavy atom. The van der Waals surface area contributed by atoms with E-state index in [4.69, 9.17) is 4.74 Å². The summed E-state index contributed by atoms with van der Waals surface area (Å²) in [6.45, 7) is 1.14. The van der Waals surface area contributed by atoms with Gasteiger partial charge in [0, 0.05) is 23.3 Å². The summed E-state index contributed by atoms with van der Waals surface area (Å²) in [5.74, 6) is 1.86. The van der Waals surface area contributed by atoms with Crippen LogP contribution in [-0.2, 0) is 19.5 Å². The molecule has 1 aromatic heterocycles. The fourth-order valence-corrected chi connectivity index (χ4v) is 3.65. The molecule has 0 N–H and O–H groups in total. The third-order valence-corrected chi connectivity index (χ3v) is 5.09. The number of Topliss-reactive ketones (excluding diaryl/α,β-unsaturated/α-hetero) is 1. The van der Waals surface area contributed by atoms with Crippen molar-refractivity contribution in [3.63, 3.8) is 0 Å². The van der Waals surface area contributed by atoms with Crippen molar-refractivity contribution in [2.24, 2.45) is 0 Å². The molecule has 0 bridgehead atoms. The predicted octanol–water partition coefficient (Wildman–Crippen LogP) is 0.193.